The lowest BCUT2D eigenvalue weighted by molar-refractivity contribution is 0.0945. The Morgan fingerprint density at radius 3 is 2.67 bits per heavy atom. The minimum atomic E-state index is -0.243. The molecular weight excluding hydrogens is 226 g/mol. The van der Waals surface area contributed by atoms with E-state index >= 15 is 0 Å². The SMILES string of the molecule is C#CC(CC)NC(=O)c1ccc(N(C)C)c(N)c1. The van der Waals surface area contributed by atoms with Gasteiger partial charge in [-0.1, -0.05) is 12.8 Å². The molecule has 0 aliphatic rings. The first-order valence-corrected chi connectivity index (χ1v) is 5.83. The second-order valence-electron chi connectivity index (χ2n) is 4.27. The van der Waals surface area contributed by atoms with Gasteiger partial charge in [0.1, 0.15) is 0 Å². The smallest absolute Gasteiger partial charge is 0.252 e. The normalized spacial score (nSPS) is 11.4. The van der Waals surface area contributed by atoms with Gasteiger partial charge in [-0.25, -0.2) is 0 Å². The molecule has 0 aliphatic carbocycles. The number of hydrogen-bond acceptors (Lipinski definition) is 3. The number of benzene rings is 1. The fourth-order valence-electron chi connectivity index (χ4n) is 1.61. The summed E-state index contributed by atoms with van der Waals surface area (Å²) >= 11 is 0. The largest absolute Gasteiger partial charge is 0.397 e. The monoisotopic (exact) mass is 245 g/mol. The van der Waals surface area contributed by atoms with Crippen LogP contribution < -0.4 is 16.0 Å². The van der Waals surface area contributed by atoms with E-state index in [-0.39, 0.29) is 11.9 Å². The third kappa shape index (κ3) is 3.17. The van der Waals surface area contributed by atoms with Crippen molar-refractivity contribution in [3.8, 4) is 12.3 Å². The Morgan fingerprint density at radius 1 is 1.56 bits per heavy atom. The highest BCUT2D eigenvalue weighted by Crippen LogP contribution is 2.22. The molecule has 3 N–H and O–H groups in total. The lowest BCUT2D eigenvalue weighted by atomic mass is 10.1. The molecule has 0 radical (unpaired) electrons. The van der Waals surface area contributed by atoms with Crippen molar-refractivity contribution in [1.29, 1.82) is 0 Å². The van der Waals surface area contributed by atoms with E-state index in [0.29, 0.717) is 17.7 Å². The predicted molar refractivity (Wildman–Crippen MR) is 75.6 cm³/mol. The van der Waals surface area contributed by atoms with Crippen LogP contribution in [-0.4, -0.2) is 26.0 Å². The van der Waals surface area contributed by atoms with E-state index in [4.69, 9.17) is 12.2 Å². The second kappa shape index (κ2) is 5.97. The van der Waals surface area contributed by atoms with Crippen LogP contribution in [-0.2, 0) is 0 Å². The van der Waals surface area contributed by atoms with Gasteiger partial charge in [0, 0.05) is 19.7 Å². The first kappa shape index (κ1) is 13.9. The third-order valence-electron chi connectivity index (χ3n) is 2.69. The van der Waals surface area contributed by atoms with Crippen LogP contribution in [0.2, 0.25) is 0 Å². The molecule has 4 heteroatoms. The molecule has 0 fully saturated rings. The zero-order chi connectivity index (χ0) is 13.7. The Morgan fingerprint density at radius 2 is 2.22 bits per heavy atom. The maximum atomic E-state index is 11.9. The minimum absolute atomic E-state index is 0.197. The van der Waals surface area contributed by atoms with E-state index in [0.717, 1.165) is 5.69 Å². The van der Waals surface area contributed by atoms with Crippen LogP contribution in [0.15, 0.2) is 18.2 Å². The maximum absolute atomic E-state index is 11.9. The van der Waals surface area contributed by atoms with Crippen LogP contribution in [0.4, 0.5) is 11.4 Å². The molecule has 1 unspecified atom stereocenters. The van der Waals surface area contributed by atoms with Crippen molar-refractivity contribution in [2.45, 2.75) is 19.4 Å². The summed E-state index contributed by atoms with van der Waals surface area (Å²) in [5.41, 5.74) is 7.87. The maximum Gasteiger partial charge on any atom is 0.252 e. The molecule has 1 rings (SSSR count). The highest BCUT2D eigenvalue weighted by Gasteiger charge is 2.11. The fraction of sp³-hybridized carbons (Fsp3) is 0.357. The van der Waals surface area contributed by atoms with Gasteiger partial charge >= 0.3 is 0 Å². The van der Waals surface area contributed by atoms with E-state index in [1.807, 2.05) is 32.0 Å². The molecule has 4 nitrogen and oxygen atoms in total. The number of nitrogens with one attached hydrogen (secondary N) is 1. The van der Waals surface area contributed by atoms with Crippen LogP contribution in [0.1, 0.15) is 23.7 Å². The Kier molecular flexibility index (Phi) is 4.61. The van der Waals surface area contributed by atoms with E-state index in [2.05, 4.69) is 11.2 Å². The molecule has 1 amide bonds. The fourth-order valence-corrected chi connectivity index (χ4v) is 1.61. The summed E-state index contributed by atoms with van der Waals surface area (Å²) < 4.78 is 0. The van der Waals surface area contributed by atoms with Crippen LogP contribution in [0.5, 0.6) is 0 Å². The van der Waals surface area contributed by atoms with Crippen molar-refractivity contribution in [2.24, 2.45) is 0 Å². The number of amides is 1. The van der Waals surface area contributed by atoms with Gasteiger partial charge < -0.3 is 16.0 Å². The van der Waals surface area contributed by atoms with Gasteiger partial charge in [-0.15, -0.1) is 6.42 Å². The third-order valence-corrected chi connectivity index (χ3v) is 2.69. The predicted octanol–water partition coefficient (Wildman–Crippen LogP) is 1.48. The summed E-state index contributed by atoms with van der Waals surface area (Å²) in [5, 5.41) is 2.76. The number of carbonyl (C=O) groups excluding carboxylic acids is 1. The number of anilines is 2. The highest BCUT2D eigenvalue weighted by molar-refractivity contribution is 5.96. The summed E-state index contributed by atoms with van der Waals surface area (Å²) in [4.78, 5) is 13.8. The quantitative estimate of drug-likeness (QED) is 0.624. The van der Waals surface area contributed by atoms with Gasteiger partial charge in [0.05, 0.1) is 17.4 Å². The number of nitrogens with two attached hydrogens (primary N) is 1. The molecule has 0 saturated carbocycles. The number of terminal acetylenes is 1. The first-order valence-electron chi connectivity index (χ1n) is 5.83. The zero-order valence-corrected chi connectivity index (χ0v) is 11.0. The van der Waals surface area contributed by atoms with E-state index in [1.54, 1.807) is 12.1 Å². The molecule has 0 spiro atoms. The van der Waals surface area contributed by atoms with Gasteiger partial charge in [-0.2, -0.15) is 0 Å². The molecule has 1 aromatic carbocycles. The topological polar surface area (TPSA) is 58.4 Å². The van der Waals surface area contributed by atoms with Crippen molar-refractivity contribution in [2.75, 3.05) is 24.7 Å². The van der Waals surface area contributed by atoms with Gasteiger partial charge in [0.2, 0.25) is 0 Å². The van der Waals surface area contributed by atoms with Gasteiger partial charge in [-0.05, 0) is 24.6 Å². The molecule has 1 aromatic rings. The average molecular weight is 245 g/mol. The Bertz CT molecular complexity index is 474. The first-order chi connectivity index (χ1) is 8.49. The van der Waals surface area contributed by atoms with E-state index in [9.17, 15) is 4.79 Å². The Hall–Kier alpha value is -2.15. The van der Waals surface area contributed by atoms with Crippen molar-refractivity contribution in [1.82, 2.24) is 5.32 Å². The number of rotatable bonds is 4. The van der Waals surface area contributed by atoms with E-state index in [1.165, 1.54) is 0 Å². The van der Waals surface area contributed by atoms with Crippen molar-refractivity contribution in [3.63, 3.8) is 0 Å². The van der Waals surface area contributed by atoms with Gasteiger partial charge in [0.15, 0.2) is 0 Å². The summed E-state index contributed by atoms with van der Waals surface area (Å²) in [6, 6.07) is 4.98. The second-order valence-corrected chi connectivity index (χ2v) is 4.27. The Labute approximate surface area is 108 Å². The summed E-state index contributed by atoms with van der Waals surface area (Å²) in [6.07, 6.45) is 6.01. The van der Waals surface area contributed by atoms with Crippen molar-refractivity contribution >= 4 is 17.3 Å². The minimum Gasteiger partial charge on any atom is -0.397 e. The van der Waals surface area contributed by atoms with Crippen LogP contribution in [0, 0.1) is 12.3 Å². The zero-order valence-electron chi connectivity index (χ0n) is 11.0. The lowest BCUT2D eigenvalue weighted by Crippen LogP contribution is -2.33. The van der Waals surface area contributed by atoms with Crippen LogP contribution >= 0.6 is 0 Å². The number of nitrogen functional groups attached to an aromatic ring is 1. The van der Waals surface area contributed by atoms with Gasteiger partial charge in [0.25, 0.3) is 5.91 Å². The molecule has 0 heterocycles. The average Bonchev–Trinajstić information content (AvgIpc) is 2.34. The molecule has 0 aliphatic heterocycles. The summed E-state index contributed by atoms with van der Waals surface area (Å²) in [5.74, 6) is 2.33. The number of hydrogen-bond donors (Lipinski definition) is 2. The van der Waals surface area contributed by atoms with Crippen molar-refractivity contribution in [3.05, 3.63) is 23.8 Å². The molecular formula is C14H19N3O. The highest BCUT2D eigenvalue weighted by atomic mass is 16.1. The lowest BCUT2D eigenvalue weighted by Gasteiger charge is -2.16. The van der Waals surface area contributed by atoms with Crippen LogP contribution in [0.3, 0.4) is 0 Å². The molecule has 0 aromatic heterocycles. The molecule has 0 saturated heterocycles. The van der Waals surface area contributed by atoms with Crippen molar-refractivity contribution < 1.29 is 4.79 Å². The van der Waals surface area contributed by atoms with Crippen LogP contribution in [0.25, 0.3) is 0 Å². The standard InChI is InChI=1S/C14H19N3O/c1-5-11(6-2)16-14(18)10-7-8-13(17(3)4)12(15)9-10/h1,7-9,11H,6,15H2,2-4H3,(H,16,18). The van der Waals surface area contributed by atoms with Gasteiger partial charge in [-0.3, -0.25) is 4.79 Å². The summed E-state index contributed by atoms with van der Waals surface area (Å²) in [7, 11) is 3.80. The molecule has 0 bridgehead atoms. The molecule has 96 valence electrons. The molecule has 18 heavy (non-hydrogen) atoms. The number of nitrogens with zero attached hydrogens (tertiary/aromatic N) is 1. The number of carbonyl (C=O) groups is 1. The Balaban J connectivity index is 2.89. The summed E-state index contributed by atoms with van der Waals surface area (Å²) in [6.45, 7) is 1.92. The molecule has 1 atom stereocenters. The van der Waals surface area contributed by atoms with E-state index < -0.39 is 0 Å².